The highest BCUT2D eigenvalue weighted by Crippen LogP contribution is 2.19. The molecule has 0 amide bonds. The van der Waals surface area contributed by atoms with Crippen molar-refractivity contribution < 1.29 is 4.74 Å². The van der Waals surface area contributed by atoms with Crippen molar-refractivity contribution in [1.29, 1.82) is 5.26 Å². The Bertz CT molecular complexity index is 695. The molecule has 2 aromatic rings. The van der Waals surface area contributed by atoms with Crippen molar-refractivity contribution in [2.45, 2.75) is 0 Å². The Balaban J connectivity index is 2.00. The molecule has 0 spiro atoms. The Labute approximate surface area is 124 Å². The van der Waals surface area contributed by atoms with Gasteiger partial charge in [0, 0.05) is 23.6 Å². The summed E-state index contributed by atoms with van der Waals surface area (Å²) >= 11 is 0. The topological polar surface area (TPSA) is 61.5 Å². The number of hydrogen-bond donors (Lipinski definition) is 0. The van der Waals surface area contributed by atoms with Gasteiger partial charge in [0.05, 0.1) is 24.5 Å². The summed E-state index contributed by atoms with van der Waals surface area (Å²) in [7, 11) is 2.95. The van der Waals surface area contributed by atoms with Crippen molar-refractivity contribution >= 4 is 32.4 Å². The lowest BCUT2D eigenvalue weighted by Crippen LogP contribution is -2.38. The Hall–Kier alpha value is -1.75. The first-order valence-corrected chi connectivity index (χ1v) is 8.32. The average molecular weight is 304 g/mol. The van der Waals surface area contributed by atoms with Gasteiger partial charge in [0.2, 0.25) is 0 Å². The highest BCUT2D eigenvalue weighted by Gasteiger charge is 2.15. The second-order valence-corrected chi connectivity index (χ2v) is 6.05. The highest BCUT2D eigenvalue weighted by atomic mass is 32.9. The van der Waals surface area contributed by atoms with E-state index in [0.717, 1.165) is 36.8 Å². The van der Waals surface area contributed by atoms with Crippen LogP contribution in [-0.2, 0) is 4.74 Å². The molecule has 1 aliphatic rings. The maximum absolute atomic E-state index is 9.12. The molecule has 7 heteroatoms. The van der Waals surface area contributed by atoms with E-state index in [0.29, 0.717) is 11.3 Å². The zero-order valence-corrected chi connectivity index (χ0v) is 12.3. The third kappa shape index (κ3) is 2.72. The molecule has 3 rings (SSSR count). The molecule has 0 N–H and O–H groups in total. The van der Waals surface area contributed by atoms with E-state index in [1.807, 2.05) is 18.2 Å². The van der Waals surface area contributed by atoms with E-state index in [1.165, 1.54) is 20.9 Å². The van der Waals surface area contributed by atoms with E-state index >= 15 is 0 Å². The highest BCUT2D eigenvalue weighted by molar-refractivity contribution is 7.66. The number of anilines is 1. The number of benzene rings is 1. The first-order chi connectivity index (χ1) is 9.88. The van der Waals surface area contributed by atoms with E-state index in [1.54, 1.807) is 6.07 Å². The zero-order chi connectivity index (χ0) is 13.8. The van der Waals surface area contributed by atoms with Crippen molar-refractivity contribution in [3.63, 3.8) is 0 Å². The Morgan fingerprint density at radius 3 is 2.90 bits per heavy atom. The van der Waals surface area contributed by atoms with Gasteiger partial charge in [0.1, 0.15) is 6.07 Å². The van der Waals surface area contributed by atoms with Gasteiger partial charge in [-0.3, -0.25) is 0 Å². The first-order valence-electron chi connectivity index (χ1n) is 6.21. The van der Waals surface area contributed by atoms with Crippen LogP contribution in [0.4, 0.5) is 11.5 Å². The van der Waals surface area contributed by atoms with Crippen molar-refractivity contribution in [2.24, 2.45) is 4.99 Å². The van der Waals surface area contributed by atoms with Crippen LogP contribution in [0.5, 0.6) is 0 Å². The summed E-state index contributed by atoms with van der Waals surface area (Å²) in [5.74, 6) is 0.899. The van der Waals surface area contributed by atoms with Gasteiger partial charge in [-0.2, -0.15) is 9.64 Å². The Morgan fingerprint density at radius 1 is 1.30 bits per heavy atom. The molecule has 20 heavy (non-hydrogen) atoms. The number of aromatic nitrogens is 1. The smallest absolute Gasteiger partial charge is 0.179 e. The van der Waals surface area contributed by atoms with Crippen LogP contribution in [0.1, 0.15) is 5.56 Å². The minimum atomic E-state index is 0.582. The molecule has 0 saturated carbocycles. The lowest BCUT2D eigenvalue weighted by atomic mass is 10.2. The molecule has 0 atom stereocenters. The summed E-state index contributed by atoms with van der Waals surface area (Å²) in [6.45, 7) is 3.10. The zero-order valence-electron chi connectivity index (χ0n) is 10.7. The fourth-order valence-electron chi connectivity index (χ4n) is 1.98. The summed E-state index contributed by atoms with van der Waals surface area (Å²) in [5.41, 5.74) is 1.28. The average Bonchev–Trinajstić information content (AvgIpc) is 2.97. The second kappa shape index (κ2) is 6.13. The summed E-state index contributed by atoms with van der Waals surface area (Å²) in [5, 5.41) is 9.12. The van der Waals surface area contributed by atoms with Gasteiger partial charge >= 0.3 is 0 Å². The second-order valence-electron chi connectivity index (χ2n) is 4.22. The van der Waals surface area contributed by atoms with Gasteiger partial charge in [-0.1, -0.05) is 12.1 Å². The Kier molecular flexibility index (Phi) is 4.06. The fraction of sp³-hybridized carbons (Fsp3) is 0.308. The summed E-state index contributed by atoms with van der Waals surface area (Å²) in [6.07, 6.45) is 0. The molecule has 1 aliphatic heterocycles. The largest absolute Gasteiger partial charge is 0.378 e. The van der Waals surface area contributed by atoms with Crippen LogP contribution in [0.25, 0.3) is 0 Å². The maximum atomic E-state index is 9.12. The van der Waals surface area contributed by atoms with Crippen molar-refractivity contribution in [2.75, 3.05) is 31.2 Å². The van der Waals surface area contributed by atoms with Gasteiger partial charge in [0.25, 0.3) is 0 Å². The normalized spacial score (nSPS) is 16.1. The number of morpholine rings is 1. The third-order valence-corrected chi connectivity index (χ3v) is 4.66. The van der Waals surface area contributed by atoms with Crippen LogP contribution in [-0.4, -0.2) is 30.7 Å². The predicted octanol–water partition coefficient (Wildman–Crippen LogP) is 2.15. The molecular formula is C13H12N4OS2. The molecule has 1 aromatic carbocycles. The number of para-hydroxylation sites is 1. The van der Waals surface area contributed by atoms with Gasteiger partial charge in [-0.25, -0.2) is 4.99 Å². The quantitative estimate of drug-likeness (QED) is 0.798. The number of nitrogens with zero attached hydrogens (tertiary/aromatic N) is 4. The van der Waals surface area contributed by atoms with Gasteiger partial charge in [-0.15, -0.1) is 0 Å². The number of ether oxygens (including phenoxy) is 1. The van der Waals surface area contributed by atoms with E-state index in [9.17, 15) is 0 Å². The van der Waals surface area contributed by atoms with Crippen molar-refractivity contribution in [3.05, 3.63) is 34.5 Å². The summed E-state index contributed by atoms with van der Waals surface area (Å²) < 4.78 is 10.7. The molecule has 0 radical (unpaired) electrons. The van der Waals surface area contributed by atoms with Gasteiger partial charge in [-0.05, 0) is 22.5 Å². The summed E-state index contributed by atoms with van der Waals surface area (Å²) in [4.78, 5) is 6.79. The number of hydrogen-bond acceptors (Lipinski definition) is 7. The van der Waals surface area contributed by atoms with Crippen LogP contribution in [0.15, 0.2) is 29.3 Å². The number of nitriles is 1. The van der Waals surface area contributed by atoms with Crippen LogP contribution < -0.4 is 9.57 Å². The molecule has 0 unspecified atom stereocenters. The molecule has 5 nitrogen and oxygen atoms in total. The molecule has 1 saturated heterocycles. The maximum Gasteiger partial charge on any atom is 0.179 e. The SMILES string of the molecule is N#Cc1ccccc1N=c1ssnc1N1CCOCC1. The van der Waals surface area contributed by atoms with Crippen LogP contribution in [0.3, 0.4) is 0 Å². The van der Waals surface area contributed by atoms with E-state index in [-0.39, 0.29) is 0 Å². The van der Waals surface area contributed by atoms with Crippen LogP contribution in [0.2, 0.25) is 0 Å². The Morgan fingerprint density at radius 2 is 2.10 bits per heavy atom. The standard InChI is InChI=1S/C13H12N4OS2/c14-9-10-3-1-2-4-11(10)15-13-12(16-20-19-13)17-5-7-18-8-6-17/h1-4H,5-8H2. The predicted molar refractivity (Wildman–Crippen MR) is 79.4 cm³/mol. The van der Waals surface area contributed by atoms with E-state index < -0.39 is 0 Å². The van der Waals surface area contributed by atoms with Gasteiger partial charge < -0.3 is 9.64 Å². The van der Waals surface area contributed by atoms with Crippen LogP contribution >= 0.6 is 20.9 Å². The van der Waals surface area contributed by atoms with Crippen LogP contribution in [0, 0.1) is 11.3 Å². The minimum absolute atomic E-state index is 0.582. The molecule has 0 aliphatic carbocycles. The molecule has 0 bridgehead atoms. The lowest BCUT2D eigenvalue weighted by molar-refractivity contribution is 0.122. The summed E-state index contributed by atoms with van der Waals surface area (Å²) in [6, 6.07) is 9.53. The van der Waals surface area contributed by atoms with Gasteiger partial charge in [0.15, 0.2) is 10.5 Å². The monoisotopic (exact) mass is 304 g/mol. The molecule has 2 heterocycles. The molecule has 1 aromatic heterocycles. The van der Waals surface area contributed by atoms with Crippen molar-refractivity contribution in [1.82, 2.24) is 4.37 Å². The first kappa shape index (κ1) is 13.2. The molecule has 1 fully saturated rings. The molecular weight excluding hydrogens is 292 g/mol. The lowest BCUT2D eigenvalue weighted by Gasteiger charge is -2.26. The van der Waals surface area contributed by atoms with E-state index in [2.05, 4.69) is 20.3 Å². The minimum Gasteiger partial charge on any atom is -0.378 e. The molecule has 102 valence electrons. The number of rotatable bonds is 2. The third-order valence-electron chi connectivity index (χ3n) is 2.99. The van der Waals surface area contributed by atoms with E-state index in [4.69, 9.17) is 10.00 Å². The van der Waals surface area contributed by atoms with Crippen molar-refractivity contribution in [3.8, 4) is 6.07 Å². The fourth-order valence-corrected chi connectivity index (χ4v) is 3.67.